The Labute approximate surface area is 130 Å². The molecule has 1 heterocycles. The van der Waals surface area contributed by atoms with E-state index in [1.54, 1.807) is 0 Å². The van der Waals surface area contributed by atoms with Gasteiger partial charge in [0.15, 0.2) is 11.4 Å². The molecule has 0 saturated carbocycles. The fourth-order valence-electron chi connectivity index (χ4n) is 0.823. The van der Waals surface area contributed by atoms with Crippen molar-refractivity contribution in [3.8, 4) is 12.1 Å². The Morgan fingerprint density at radius 1 is 1.19 bits per heavy atom. The van der Waals surface area contributed by atoms with Crippen molar-refractivity contribution in [2.75, 3.05) is 0 Å². The molecule has 76 valence electrons. The molecule has 0 N–H and O–H groups in total. The summed E-state index contributed by atoms with van der Waals surface area (Å²) in [6.07, 6.45) is -7.13. The number of rotatable bonds is 1. The van der Waals surface area contributed by atoms with Crippen LogP contribution in [0.5, 0.6) is 0 Å². The number of hydrogen-bond donors (Lipinski definition) is 0. The summed E-state index contributed by atoms with van der Waals surface area (Å²) in [6, 6.07) is 2.76. The molecule has 0 atom stereocenters. The summed E-state index contributed by atoms with van der Waals surface area (Å²) in [5, 5.41) is 16.7. The minimum Gasteiger partial charge on any atom is -0.285 e. The SMILES string of the molecule is N#CC1=NC(C(=O)C(F)(F)F)N=C1C#N.[K+]. The molecule has 0 fully saturated rings. The van der Waals surface area contributed by atoms with Crippen LogP contribution in [0.3, 0.4) is 0 Å². The molecule has 1 aliphatic heterocycles. The van der Waals surface area contributed by atoms with E-state index in [4.69, 9.17) is 10.5 Å². The van der Waals surface area contributed by atoms with E-state index in [0.29, 0.717) is 0 Å². The summed E-state index contributed by atoms with van der Waals surface area (Å²) in [5.41, 5.74) is -1.11. The summed E-state index contributed by atoms with van der Waals surface area (Å²) in [4.78, 5) is 16.8. The largest absolute Gasteiger partial charge is 1.00 e. The van der Waals surface area contributed by atoms with Crippen LogP contribution < -0.4 is 51.4 Å². The number of nitriles is 2. The summed E-state index contributed by atoms with van der Waals surface area (Å²) in [7, 11) is 0. The van der Waals surface area contributed by atoms with Crippen molar-refractivity contribution in [3.05, 3.63) is 0 Å². The van der Waals surface area contributed by atoms with Gasteiger partial charge in [0.1, 0.15) is 12.1 Å². The predicted molar refractivity (Wildman–Crippen MR) is 40.9 cm³/mol. The van der Waals surface area contributed by atoms with Gasteiger partial charge in [0, 0.05) is 0 Å². The summed E-state index contributed by atoms with van der Waals surface area (Å²) in [5.74, 6) is -2.19. The first-order valence-electron chi connectivity index (χ1n) is 3.47. The molecule has 1 rings (SSSR count). The van der Waals surface area contributed by atoms with Gasteiger partial charge in [-0.05, 0) is 0 Å². The second-order valence-corrected chi connectivity index (χ2v) is 2.41. The number of hydrogen-bond acceptors (Lipinski definition) is 5. The fourth-order valence-corrected chi connectivity index (χ4v) is 0.823. The molecule has 1 aliphatic rings. The Balaban J connectivity index is 0.00000225. The molecule has 0 saturated heterocycles. The van der Waals surface area contributed by atoms with Gasteiger partial charge in [-0.1, -0.05) is 0 Å². The maximum Gasteiger partial charge on any atom is 1.00 e. The van der Waals surface area contributed by atoms with Crippen molar-refractivity contribution >= 4 is 17.2 Å². The predicted octanol–water partition coefficient (Wildman–Crippen LogP) is -2.61. The first-order chi connectivity index (χ1) is 6.90. The van der Waals surface area contributed by atoms with Gasteiger partial charge >= 0.3 is 57.6 Å². The van der Waals surface area contributed by atoms with Gasteiger partial charge in [0.2, 0.25) is 6.17 Å². The molecule has 0 spiro atoms. The molecule has 0 aromatic rings. The quantitative estimate of drug-likeness (QED) is 0.479. The number of ketones is 1. The Hall–Kier alpha value is -0.584. The van der Waals surface area contributed by atoms with Crippen LogP contribution in [0.15, 0.2) is 9.98 Å². The third kappa shape index (κ3) is 3.20. The molecule has 5 nitrogen and oxygen atoms in total. The fraction of sp³-hybridized carbons (Fsp3) is 0.286. The molecular formula is C7HF3KN4O+. The van der Waals surface area contributed by atoms with Crippen molar-refractivity contribution in [2.45, 2.75) is 12.3 Å². The molecule has 0 aliphatic carbocycles. The molecule has 0 bridgehead atoms. The van der Waals surface area contributed by atoms with Crippen LogP contribution in [-0.2, 0) is 4.79 Å². The second-order valence-electron chi connectivity index (χ2n) is 2.41. The van der Waals surface area contributed by atoms with E-state index in [1.807, 2.05) is 0 Å². The summed E-state index contributed by atoms with van der Waals surface area (Å²) < 4.78 is 35.7. The number of carbonyl (C=O) groups excluding carboxylic acids is 1. The van der Waals surface area contributed by atoms with Gasteiger partial charge in [-0.3, -0.25) is 4.79 Å². The van der Waals surface area contributed by atoms with Crippen molar-refractivity contribution in [3.63, 3.8) is 0 Å². The maximum atomic E-state index is 11.9. The Kier molecular flexibility index (Phi) is 5.45. The monoisotopic (exact) mass is 253 g/mol. The second kappa shape index (κ2) is 5.66. The third-order valence-electron chi connectivity index (χ3n) is 1.45. The van der Waals surface area contributed by atoms with Crippen LogP contribution in [0.4, 0.5) is 13.2 Å². The molecule has 0 aromatic heterocycles. The summed E-state index contributed by atoms with van der Waals surface area (Å²) >= 11 is 0. The number of nitrogens with zero attached hydrogens (tertiary/aromatic N) is 4. The molecule has 16 heavy (non-hydrogen) atoms. The van der Waals surface area contributed by atoms with Gasteiger partial charge in [-0.15, -0.1) is 0 Å². The smallest absolute Gasteiger partial charge is 0.285 e. The van der Waals surface area contributed by atoms with Crippen LogP contribution in [0.1, 0.15) is 0 Å². The van der Waals surface area contributed by atoms with Gasteiger partial charge in [-0.2, -0.15) is 23.7 Å². The van der Waals surface area contributed by atoms with Crippen LogP contribution >= 0.6 is 0 Å². The number of aliphatic imine (C=N–C) groups is 2. The summed E-state index contributed by atoms with van der Waals surface area (Å²) in [6.45, 7) is 0. The molecule has 0 radical (unpaired) electrons. The van der Waals surface area contributed by atoms with Crippen molar-refractivity contribution in [1.29, 1.82) is 10.5 Å². The van der Waals surface area contributed by atoms with E-state index in [9.17, 15) is 18.0 Å². The van der Waals surface area contributed by atoms with Crippen molar-refractivity contribution in [2.24, 2.45) is 9.98 Å². The molecule has 0 amide bonds. The number of alkyl halides is 3. The minimum atomic E-state index is -5.08. The number of carbonyl (C=O) groups is 1. The Bertz CT molecular complexity index is 424. The molecule has 0 aromatic carbocycles. The molecular weight excluding hydrogens is 252 g/mol. The Morgan fingerprint density at radius 3 is 1.81 bits per heavy atom. The van der Waals surface area contributed by atoms with E-state index >= 15 is 0 Å². The van der Waals surface area contributed by atoms with Crippen molar-refractivity contribution < 1.29 is 69.4 Å². The van der Waals surface area contributed by atoms with Crippen molar-refractivity contribution in [1.82, 2.24) is 0 Å². The molecule has 9 heteroatoms. The number of Topliss-reactive ketones (excluding diaryl/α,β-unsaturated/α-hetero) is 1. The first-order valence-corrected chi connectivity index (χ1v) is 3.47. The third-order valence-corrected chi connectivity index (χ3v) is 1.45. The average Bonchev–Trinajstić information content (AvgIpc) is 2.57. The standard InChI is InChI=1S/C7HF3N4O.K/c8-7(9,10)5(15)6-13-3(1-11)4(2-12)14-6;/h6H;/q;+1. The number of halogens is 3. The zero-order chi connectivity index (χ0) is 11.6. The first kappa shape index (κ1) is 15.4. The van der Waals surface area contributed by atoms with Gasteiger partial charge in [-0.25, -0.2) is 9.98 Å². The van der Waals surface area contributed by atoms with E-state index in [0.717, 1.165) is 0 Å². The Morgan fingerprint density at radius 2 is 1.56 bits per heavy atom. The van der Waals surface area contributed by atoms with E-state index in [2.05, 4.69) is 9.98 Å². The van der Waals surface area contributed by atoms with E-state index in [-0.39, 0.29) is 51.4 Å². The minimum absolute atomic E-state index is 0. The van der Waals surface area contributed by atoms with Gasteiger partial charge < -0.3 is 0 Å². The van der Waals surface area contributed by atoms with Gasteiger partial charge in [0.05, 0.1) is 0 Å². The van der Waals surface area contributed by atoms with E-state index in [1.165, 1.54) is 12.1 Å². The zero-order valence-corrected chi connectivity index (χ0v) is 11.0. The van der Waals surface area contributed by atoms with Crippen LogP contribution in [0.25, 0.3) is 0 Å². The maximum absolute atomic E-state index is 11.9. The van der Waals surface area contributed by atoms with Gasteiger partial charge in [0.25, 0.3) is 5.78 Å². The van der Waals surface area contributed by atoms with Crippen LogP contribution in [-0.4, -0.2) is 29.5 Å². The van der Waals surface area contributed by atoms with Crippen LogP contribution in [0.2, 0.25) is 0 Å². The van der Waals surface area contributed by atoms with Crippen LogP contribution in [0, 0.1) is 22.7 Å². The average molecular weight is 253 g/mol. The zero-order valence-electron chi connectivity index (χ0n) is 7.91. The normalized spacial score (nSPS) is 15.3. The topological polar surface area (TPSA) is 89.4 Å². The molecule has 0 unspecified atom stereocenters. The van der Waals surface area contributed by atoms with E-state index < -0.39 is 29.5 Å².